The fraction of sp³-hybridized carbons (Fsp3) is 0.455. The Morgan fingerprint density at radius 2 is 2.00 bits per heavy atom. The first-order valence-electron chi connectivity index (χ1n) is 5.46. The maximum Gasteiger partial charge on any atom is 0.237 e. The Balaban J connectivity index is 2.27. The molecule has 2 aromatic heterocycles. The smallest absolute Gasteiger partial charge is 0.237 e. The van der Waals surface area contributed by atoms with Crippen molar-refractivity contribution in [1.82, 2.24) is 20.0 Å². The zero-order valence-electron chi connectivity index (χ0n) is 10.1. The van der Waals surface area contributed by atoms with Crippen LogP contribution in [0.15, 0.2) is 4.42 Å². The summed E-state index contributed by atoms with van der Waals surface area (Å²) in [6, 6.07) is 0. The molecule has 2 aromatic rings. The molecule has 0 aliphatic carbocycles. The number of hydrogen-bond donors (Lipinski definition) is 0. The van der Waals surface area contributed by atoms with Gasteiger partial charge in [0.2, 0.25) is 11.8 Å². The molecule has 6 nitrogen and oxygen atoms in total. The number of aryl methyl sites for hydroxylation is 2. The Labute approximate surface area is 98.6 Å². The van der Waals surface area contributed by atoms with Crippen LogP contribution < -0.4 is 0 Å². The lowest BCUT2D eigenvalue weighted by Gasteiger charge is -1.99. The molecule has 2 rings (SSSR count). The molecule has 0 aliphatic rings. The summed E-state index contributed by atoms with van der Waals surface area (Å²) in [6.07, 6.45) is 1.53. The second-order valence-electron chi connectivity index (χ2n) is 3.80. The number of carbonyl (C=O) groups excluding carboxylic acids is 1. The highest BCUT2D eigenvalue weighted by Crippen LogP contribution is 2.12. The summed E-state index contributed by atoms with van der Waals surface area (Å²) in [5.41, 5.74) is 2.15. The fourth-order valence-electron chi connectivity index (χ4n) is 1.66. The van der Waals surface area contributed by atoms with E-state index in [1.807, 2.05) is 13.8 Å². The van der Waals surface area contributed by atoms with Crippen LogP contribution >= 0.6 is 0 Å². The Kier molecular flexibility index (Phi) is 3.03. The van der Waals surface area contributed by atoms with Crippen molar-refractivity contribution in [2.24, 2.45) is 0 Å². The van der Waals surface area contributed by atoms with Gasteiger partial charge in [-0.25, -0.2) is 0 Å². The molecule has 0 aliphatic heterocycles. The lowest BCUT2D eigenvalue weighted by molar-refractivity contribution is 0.112. The molecule has 0 saturated carbocycles. The Morgan fingerprint density at radius 3 is 2.53 bits per heavy atom. The lowest BCUT2D eigenvalue weighted by Crippen LogP contribution is -2.04. The van der Waals surface area contributed by atoms with E-state index >= 15 is 0 Å². The van der Waals surface area contributed by atoms with Crippen molar-refractivity contribution in [3.8, 4) is 0 Å². The van der Waals surface area contributed by atoms with Crippen LogP contribution in [0.5, 0.6) is 0 Å². The topological polar surface area (TPSA) is 73.8 Å². The molecule has 0 radical (unpaired) electrons. The Bertz CT molecular complexity index is 542. The van der Waals surface area contributed by atoms with E-state index < -0.39 is 0 Å². The normalized spacial score (nSPS) is 10.8. The molecule has 6 heteroatoms. The van der Waals surface area contributed by atoms with Gasteiger partial charge in [0.25, 0.3) is 0 Å². The summed E-state index contributed by atoms with van der Waals surface area (Å²) in [5.74, 6) is 1.11. The SMILES string of the molecule is CCc1nnc(Cn2nc(C)c(C=O)c2C)o1. The average Bonchev–Trinajstić information content (AvgIpc) is 2.86. The Morgan fingerprint density at radius 1 is 1.29 bits per heavy atom. The molecule has 0 N–H and O–H groups in total. The van der Waals surface area contributed by atoms with Gasteiger partial charge < -0.3 is 4.42 Å². The highest BCUT2D eigenvalue weighted by Gasteiger charge is 2.13. The summed E-state index contributed by atoms with van der Waals surface area (Å²) < 4.78 is 7.10. The van der Waals surface area contributed by atoms with Crippen molar-refractivity contribution < 1.29 is 9.21 Å². The second kappa shape index (κ2) is 4.48. The summed E-state index contributed by atoms with van der Waals surface area (Å²) in [4.78, 5) is 10.9. The molecule has 0 unspecified atom stereocenters. The van der Waals surface area contributed by atoms with Crippen molar-refractivity contribution in [3.05, 3.63) is 28.7 Å². The second-order valence-corrected chi connectivity index (χ2v) is 3.80. The van der Waals surface area contributed by atoms with E-state index in [9.17, 15) is 4.79 Å². The molecule has 17 heavy (non-hydrogen) atoms. The summed E-state index contributed by atoms with van der Waals surface area (Å²) in [7, 11) is 0. The standard InChI is InChI=1S/C11H14N4O2/c1-4-10-12-13-11(17-10)5-15-8(3)9(6-16)7(2)14-15/h6H,4-5H2,1-3H3. The van der Waals surface area contributed by atoms with Crippen LogP contribution in [-0.2, 0) is 13.0 Å². The zero-order valence-corrected chi connectivity index (χ0v) is 10.1. The molecular formula is C11H14N4O2. The van der Waals surface area contributed by atoms with Crippen molar-refractivity contribution in [2.75, 3.05) is 0 Å². The maximum atomic E-state index is 10.9. The summed E-state index contributed by atoms with van der Waals surface area (Å²) in [6.45, 7) is 6.00. The van der Waals surface area contributed by atoms with Gasteiger partial charge in [-0.15, -0.1) is 10.2 Å². The molecule has 2 heterocycles. The first-order chi connectivity index (χ1) is 8.15. The van der Waals surface area contributed by atoms with Crippen molar-refractivity contribution in [1.29, 1.82) is 0 Å². The quantitative estimate of drug-likeness (QED) is 0.745. The first kappa shape index (κ1) is 11.5. The van der Waals surface area contributed by atoms with E-state index in [1.54, 1.807) is 11.6 Å². The van der Waals surface area contributed by atoms with Crippen molar-refractivity contribution >= 4 is 6.29 Å². The van der Waals surface area contributed by atoms with Crippen molar-refractivity contribution in [3.63, 3.8) is 0 Å². The van der Waals surface area contributed by atoms with Crippen LogP contribution in [0.25, 0.3) is 0 Å². The molecule has 0 amide bonds. The number of aldehydes is 1. The molecule has 0 spiro atoms. The van der Waals surface area contributed by atoms with E-state index in [4.69, 9.17) is 4.42 Å². The molecule has 0 saturated heterocycles. The average molecular weight is 234 g/mol. The van der Waals surface area contributed by atoms with Gasteiger partial charge in [-0.1, -0.05) is 6.92 Å². The minimum Gasteiger partial charge on any atom is -0.423 e. The van der Waals surface area contributed by atoms with Gasteiger partial charge >= 0.3 is 0 Å². The van der Waals surface area contributed by atoms with Gasteiger partial charge in [0.15, 0.2) is 6.29 Å². The van der Waals surface area contributed by atoms with E-state index in [0.29, 0.717) is 36.0 Å². The van der Waals surface area contributed by atoms with Crippen LogP contribution in [-0.4, -0.2) is 26.3 Å². The van der Waals surface area contributed by atoms with E-state index in [1.165, 1.54) is 0 Å². The van der Waals surface area contributed by atoms with Gasteiger partial charge in [-0.2, -0.15) is 5.10 Å². The maximum absolute atomic E-state index is 10.9. The van der Waals surface area contributed by atoms with E-state index in [2.05, 4.69) is 15.3 Å². The minimum atomic E-state index is 0.396. The molecule has 0 aromatic carbocycles. The van der Waals surface area contributed by atoms with Crippen LogP contribution in [0.3, 0.4) is 0 Å². The number of carbonyl (C=O) groups is 1. The number of hydrogen-bond acceptors (Lipinski definition) is 5. The predicted octanol–water partition coefficient (Wildman–Crippen LogP) is 1.31. The van der Waals surface area contributed by atoms with Crippen molar-refractivity contribution in [2.45, 2.75) is 33.7 Å². The third kappa shape index (κ3) is 2.11. The van der Waals surface area contributed by atoms with Gasteiger partial charge in [0.05, 0.1) is 11.3 Å². The predicted molar refractivity (Wildman–Crippen MR) is 59.9 cm³/mol. The van der Waals surface area contributed by atoms with Crippen LogP contribution in [0.4, 0.5) is 0 Å². The van der Waals surface area contributed by atoms with E-state index in [-0.39, 0.29) is 0 Å². The Hall–Kier alpha value is -1.98. The monoisotopic (exact) mass is 234 g/mol. The highest BCUT2D eigenvalue weighted by atomic mass is 16.4. The largest absolute Gasteiger partial charge is 0.423 e. The summed E-state index contributed by atoms with van der Waals surface area (Å²) in [5, 5.41) is 12.1. The van der Waals surface area contributed by atoms with Gasteiger partial charge in [-0.05, 0) is 13.8 Å². The first-order valence-corrected chi connectivity index (χ1v) is 5.46. The van der Waals surface area contributed by atoms with Crippen LogP contribution in [0, 0.1) is 13.8 Å². The van der Waals surface area contributed by atoms with Crippen LogP contribution in [0.1, 0.15) is 40.5 Å². The molecule has 90 valence electrons. The molecule has 0 fully saturated rings. The third-order valence-electron chi connectivity index (χ3n) is 2.65. The molecular weight excluding hydrogens is 220 g/mol. The third-order valence-corrected chi connectivity index (χ3v) is 2.65. The van der Waals surface area contributed by atoms with Crippen LogP contribution in [0.2, 0.25) is 0 Å². The highest BCUT2D eigenvalue weighted by molar-refractivity contribution is 5.78. The number of nitrogens with zero attached hydrogens (tertiary/aromatic N) is 4. The number of rotatable bonds is 4. The molecule has 0 bridgehead atoms. The fourth-order valence-corrected chi connectivity index (χ4v) is 1.66. The van der Waals surface area contributed by atoms with E-state index in [0.717, 1.165) is 12.0 Å². The van der Waals surface area contributed by atoms with Gasteiger partial charge in [-0.3, -0.25) is 9.48 Å². The number of aromatic nitrogens is 4. The lowest BCUT2D eigenvalue weighted by atomic mass is 10.2. The summed E-state index contributed by atoms with van der Waals surface area (Å²) >= 11 is 0. The minimum absolute atomic E-state index is 0.396. The zero-order chi connectivity index (χ0) is 12.4. The van der Waals surface area contributed by atoms with Gasteiger partial charge in [0.1, 0.15) is 6.54 Å². The molecule has 0 atom stereocenters. The van der Waals surface area contributed by atoms with Gasteiger partial charge in [0, 0.05) is 12.1 Å².